The largest absolute Gasteiger partial charge is 0.397 e. The molecule has 1 aromatic rings. The predicted molar refractivity (Wildman–Crippen MR) is 70.2 cm³/mol. The first-order chi connectivity index (χ1) is 7.91. The van der Waals surface area contributed by atoms with Crippen LogP contribution in [0, 0.1) is 5.82 Å². The van der Waals surface area contributed by atoms with Gasteiger partial charge in [-0.3, -0.25) is 0 Å². The number of likely N-dealkylation sites (N-methyl/N-ethyl adjacent to an activating group) is 1. The smallest absolute Gasteiger partial charge is 0.143 e. The highest BCUT2D eigenvalue weighted by molar-refractivity contribution is 6.31. The van der Waals surface area contributed by atoms with Gasteiger partial charge in [0.2, 0.25) is 0 Å². The fraction of sp³-hybridized carbons (Fsp3) is 0.500. The van der Waals surface area contributed by atoms with Crippen LogP contribution in [-0.4, -0.2) is 26.3 Å². The Labute approximate surface area is 106 Å². The Bertz CT molecular complexity index is 385. The third kappa shape index (κ3) is 4.06. The average Bonchev–Trinajstić information content (AvgIpc) is 2.22. The van der Waals surface area contributed by atoms with Crippen LogP contribution in [-0.2, 0) is 4.74 Å². The summed E-state index contributed by atoms with van der Waals surface area (Å²) in [6.07, 6.45) is 0.192. The molecule has 17 heavy (non-hydrogen) atoms. The van der Waals surface area contributed by atoms with Crippen molar-refractivity contribution in [1.29, 1.82) is 0 Å². The van der Waals surface area contributed by atoms with Gasteiger partial charge in [0.05, 0.1) is 29.1 Å². The van der Waals surface area contributed by atoms with E-state index in [2.05, 4.69) is 0 Å². The number of anilines is 2. The highest BCUT2D eigenvalue weighted by atomic mass is 35.5. The van der Waals surface area contributed by atoms with Crippen LogP contribution < -0.4 is 10.6 Å². The van der Waals surface area contributed by atoms with E-state index in [4.69, 9.17) is 22.1 Å². The van der Waals surface area contributed by atoms with Crippen LogP contribution >= 0.6 is 11.6 Å². The highest BCUT2D eigenvalue weighted by Gasteiger charge is 2.10. The van der Waals surface area contributed by atoms with Gasteiger partial charge in [-0.05, 0) is 19.9 Å². The molecule has 1 aromatic carbocycles. The molecule has 0 atom stereocenters. The fourth-order valence-electron chi connectivity index (χ4n) is 1.43. The Morgan fingerprint density at radius 2 is 2.12 bits per heavy atom. The van der Waals surface area contributed by atoms with Crippen LogP contribution in [0.2, 0.25) is 5.02 Å². The predicted octanol–water partition coefficient (Wildman–Crippen LogP) is 2.92. The van der Waals surface area contributed by atoms with E-state index in [9.17, 15) is 4.39 Å². The van der Waals surface area contributed by atoms with Gasteiger partial charge < -0.3 is 15.4 Å². The number of rotatable bonds is 5. The minimum Gasteiger partial charge on any atom is -0.397 e. The Morgan fingerprint density at radius 1 is 1.47 bits per heavy atom. The van der Waals surface area contributed by atoms with Crippen molar-refractivity contribution < 1.29 is 9.13 Å². The summed E-state index contributed by atoms with van der Waals surface area (Å²) in [5.41, 5.74) is 6.83. The molecule has 5 heteroatoms. The van der Waals surface area contributed by atoms with Crippen molar-refractivity contribution in [2.45, 2.75) is 20.0 Å². The summed E-state index contributed by atoms with van der Waals surface area (Å²) < 4.78 is 18.6. The van der Waals surface area contributed by atoms with Gasteiger partial charge in [-0.1, -0.05) is 11.6 Å². The highest BCUT2D eigenvalue weighted by Crippen LogP contribution is 2.28. The monoisotopic (exact) mass is 260 g/mol. The van der Waals surface area contributed by atoms with Crippen LogP contribution in [0.5, 0.6) is 0 Å². The van der Waals surface area contributed by atoms with Gasteiger partial charge in [0.25, 0.3) is 0 Å². The number of nitrogens with two attached hydrogens (primary N) is 1. The summed E-state index contributed by atoms with van der Waals surface area (Å²) >= 11 is 5.73. The molecule has 0 bridgehead atoms. The molecule has 1 rings (SSSR count). The van der Waals surface area contributed by atoms with Gasteiger partial charge in [0.15, 0.2) is 0 Å². The Hall–Kier alpha value is -1.00. The number of nitrogens with zero attached hydrogens (tertiary/aromatic N) is 1. The molecule has 0 radical (unpaired) electrons. The van der Waals surface area contributed by atoms with Gasteiger partial charge >= 0.3 is 0 Å². The fourth-order valence-corrected chi connectivity index (χ4v) is 1.59. The van der Waals surface area contributed by atoms with Gasteiger partial charge in [0.1, 0.15) is 5.82 Å². The minimum atomic E-state index is -0.500. The summed E-state index contributed by atoms with van der Waals surface area (Å²) in [5.74, 6) is -0.500. The first-order valence-electron chi connectivity index (χ1n) is 5.49. The van der Waals surface area contributed by atoms with Gasteiger partial charge in [-0.25, -0.2) is 4.39 Å². The maximum Gasteiger partial charge on any atom is 0.143 e. The number of ether oxygens (including phenoxy) is 1. The number of hydrogen-bond donors (Lipinski definition) is 1. The lowest BCUT2D eigenvalue weighted by molar-refractivity contribution is 0.0846. The van der Waals surface area contributed by atoms with Crippen molar-refractivity contribution in [3.63, 3.8) is 0 Å². The van der Waals surface area contributed by atoms with E-state index in [0.29, 0.717) is 24.5 Å². The van der Waals surface area contributed by atoms with E-state index in [1.165, 1.54) is 12.1 Å². The molecule has 0 unspecified atom stereocenters. The van der Waals surface area contributed by atoms with E-state index in [0.717, 1.165) is 0 Å². The summed E-state index contributed by atoms with van der Waals surface area (Å²) in [5, 5.41) is 0.0748. The van der Waals surface area contributed by atoms with E-state index in [-0.39, 0.29) is 11.1 Å². The number of nitrogen functional groups attached to an aromatic ring is 1. The average molecular weight is 261 g/mol. The third-order valence-electron chi connectivity index (χ3n) is 2.36. The summed E-state index contributed by atoms with van der Waals surface area (Å²) in [7, 11) is 1.86. The van der Waals surface area contributed by atoms with Crippen molar-refractivity contribution >= 4 is 23.0 Å². The van der Waals surface area contributed by atoms with Crippen molar-refractivity contribution in [1.82, 2.24) is 0 Å². The molecule has 96 valence electrons. The van der Waals surface area contributed by atoms with Crippen molar-refractivity contribution in [2.24, 2.45) is 0 Å². The van der Waals surface area contributed by atoms with Crippen LogP contribution in [0.3, 0.4) is 0 Å². The van der Waals surface area contributed by atoms with E-state index in [1.807, 2.05) is 25.8 Å². The molecule has 0 saturated carbocycles. The van der Waals surface area contributed by atoms with Gasteiger partial charge in [0, 0.05) is 19.7 Å². The normalized spacial score (nSPS) is 10.9. The second-order valence-corrected chi connectivity index (χ2v) is 4.57. The van der Waals surface area contributed by atoms with E-state index in [1.54, 1.807) is 0 Å². The number of halogens is 2. The Morgan fingerprint density at radius 3 is 2.71 bits per heavy atom. The first kappa shape index (κ1) is 14.1. The molecule has 0 aliphatic rings. The molecule has 0 fully saturated rings. The molecule has 0 saturated heterocycles. The Kier molecular flexibility index (Phi) is 5.02. The third-order valence-corrected chi connectivity index (χ3v) is 2.65. The zero-order chi connectivity index (χ0) is 13.0. The molecule has 0 aliphatic carbocycles. The molecular weight excluding hydrogens is 243 g/mol. The van der Waals surface area contributed by atoms with Crippen LogP contribution in [0.15, 0.2) is 12.1 Å². The molecular formula is C12H18ClFN2O. The molecule has 0 heterocycles. The molecule has 0 amide bonds. The SMILES string of the molecule is CC(C)OCCN(C)c1cc(Cl)c(F)cc1N. The zero-order valence-electron chi connectivity index (χ0n) is 10.3. The lowest BCUT2D eigenvalue weighted by Gasteiger charge is -2.22. The van der Waals surface area contributed by atoms with E-state index < -0.39 is 5.82 Å². The van der Waals surface area contributed by atoms with Crippen LogP contribution in [0.25, 0.3) is 0 Å². The van der Waals surface area contributed by atoms with E-state index >= 15 is 0 Å². The lowest BCUT2D eigenvalue weighted by atomic mass is 10.2. The molecule has 3 nitrogen and oxygen atoms in total. The maximum absolute atomic E-state index is 13.1. The quantitative estimate of drug-likeness (QED) is 0.828. The number of benzene rings is 1. The summed E-state index contributed by atoms with van der Waals surface area (Å²) in [6, 6.07) is 2.76. The topological polar surface area (TPSA) is 38.5 Å². The number of hydrogen-bond acceptors (Lipinski definition) is 3. The van der Waals surface area contributed by atoms with Crippen molar-refractivity contribution in [2.75, 3.05) is 30.8 Å². The minimum absolute atomic E-state index is 0.0748. The van der Waals surface area contributed by atoms with Gasteiger partial charge in [-0.15, -0.1) is 0 Å². The first-order valence-corrected chi connectivity index (χ1v) is 5.87. The molecule has 2 N–H and O–H groups in total. The summed E-state index contributed by atoms with van der Waals surface area (Å²) in [6.45, 7) is 5.21. The standard InChI is InChI=1S/C12H18ClFN2O/c1-8(2)17-5-4-16(3)12-6-9(13)10(14)7-11(12)15/h6-8H,4-5,15H2,1-3H3. The van der Waals surface area contributed by atoms with Gasteiger partial charge in [-0.2, -0.15) is 0 Å². The van der Waals surface area contributed by atoms with Crippen molar-refractivity contribution in [3.05, 3.63) is 23.0 Å². The second kappa shape index (κ2) is 6.07. The molecule has 0 spiro atoms. The molecule has 0 aromatic heterocycles. The lowest BCUT2D eigenvalue weighted by Crippen LogP contribution is -2.24. The second-order valence-electron chi connectivity index (χ2n) is 4.17. The van der Waals surface area contributed by atoms with Crippen molar-refractivity contribution in [3.8, 4) is 0 Å². The zero-order valence-corrected chi connectivity index (χ0v) is 11.1. The van der Waals surface area contributed by atoms with Crippen LogP contribution in [0.4, 0.5) is 15.8 Å². The van der Waals surface area contributed by atoms with Crippen LogP contribution in [0.1, 0.15) is 13.8 Å². The summed E-state index contributed by atoms with van der Waals surface area (Å²) in [4.78, 5) is 1.89. The molecule has 0 aliphatic heterocycles. The Balaban J connectivity index is 2.68. The maximum atomic E-state index is 13.1.